The Labute approximate surface area is 143 Å². The van der Waals surface area contributed by atoms with Gasteiger partial charge in [0.05, 0.1) is 0 Å². The molecule has 1 rings (SSSR count). The van der Waals surface area contributed by atoms with Crippen molar-refractivity contribution < 1.29 is 4.21 Å². The lowest BCUT2D eigenvalue weighted by atomic mass is 10.1. The molecular formula is C18H31N3OS. The van der Waals surface area contributed by atoms with Crippen LogP contribution in [0.3, 0.4) is 0 Å². The van der Waals surface area contributed by atoms with Crippen LogP contribution in [0, 0.1) is 5.92 Å². The zero-order chi connectivity index (χ0) is 16.9. The fraction of sp³-hybridized carbons (Fsp3) is 0.611. The molecule has 130 valence electrons. The third kappa shape index (κ3) is 10.1. The maximum atomic E-state index is 12.1. The summed E-state index contributed by atoms with van der Waals surface area (Å²) in [5.41, 5.74) is 1.12. The highest BCUT2D eigenvalue weighted by Gasteiger charge is 2.03. The molecule has 1 aromatic carbocycles. The molecule has 0 radical (unpaired) electrons. The summed E-state index contributed by atoms with van der Waals surface area (Å²) in [4.78, 5) is 4.20. The third-order valence-electron chi connectivity index (χ3n) is 3.52. The van der Waals surface area contributed by atoms with Gasteiger partial charge in [-0.25, -0.2) is 0 Å². The second-order valence-electron chi connectivity index (χ2n) is 6.09. The van der Waals surface area contributed by atoms with E-state index in [1.54, 1.807) is 7.05 Å². The summed E-state index contributed by atoms with van der Waals surface area (Å²) >= 11 is 0. The van der Waals surface area contributed by atoms with E-state index >= 15 is 0 Å². The minimum absolute atomic E-state index is 0.615. The van der Waals surface area contributed by atoms with Gasteiger partial charge in [-0.05, 0) is 17.9 Å². The van der Waals surface area contributed by atoms with Crippen LogP contribution in [0.2, 0.25) is 0 Å². The quantitative estimate of drug-likeness (QED) is 0.392. The molecule has 0 saturated heterocycles. The zero-order valence-corrected chi connectivity index (χ0v) is 15.5. The lowest BCUT2D eigenvalue weighted by Crippen LogP contribution is -2.39. The first kappa shape index (κ1) is 19.7. The van der Waals surface area contributed by atoms with Crippen LogP contribution in [0.15, 0.2) is 35.3 Å². The van der Waals surface area contributed by atoms with Gasteiger partial charge < -0.3 is 10.6 Å². The maximum absolute atomic E-state index is 12.1. The van der Waals surface area contributed by atoms with Gasteiger partial charge >= 0.3 is 0 Å². The fourth-order valence-corrected chi connectivity index (χ4v) is 3.26. The molecule has 0 fully saturated rings. The lowest BCUT2D eigenvalue weighted by Gasteiger charge is -2.12. The van der Waals surface area contributed by atoms with Crippen LogP contribution in [0.25, 0.3) is 0 Å². The topological polar surface area (TPSA) is 53.5 Å². The Bertz CT molecular complexity index is 474. The monoisotopic (exact) mass is 337 g/mol. The minimum atomic E-state index is -0.849. The summed E-state index contributed by atoms with van der Waals surface area (Å²) in [6.07, 6.45) is 3.66. The summed E-state index contributed by atoms with van der Waals surface area (Å²) in [6.45, 7) is 6.11. The van der Waals surface area contributed by atoms with Gasteiger partial charge in [-0.3, -0.25) is 9.20 Å². The van der Waals surface area contributed by atoms with E-state index in [0.29, 0.717) is 18.1 Å². The summed E-state index contributed by atoms with van der Waals surface area (Å²) in [5, 5.41) is 6.54. The molecule has 1 unspecified atom stereocenters. The number of aliphatic imine (C=N–C) groups is 1. The first-order valence-electron chi connectivity index (χ1n) is 8.45. The van der Waals surface area contributed by atoms with E-state index in [1.165, 1.54) is 12.8 Å². The molecule has 1 aromatic rings. The Hall–Kier alpha value is -1.36. The van der Waals surface area contributed by atoms with Gasteiger partial charge in [0.15, 0.2) is 5.96 Å². The van der Waals surface area contributed by atoms with Crippen LogP contribution in [0.1, 0.15) is 38.7 Å². The molecule has 1 atom stereocenters. The zero-order valence-electron chi connectivity index (χ0n) is 14.7. The normalized spacial score (nSPS) is 13.1. The number of guanidine groups is 1. The van der Waals surface area contributed by atoms with E-state index < -0.39 is 10.8 Å². The predicted molar refractivity (Wildman–Crippen MR) is 101 cm³/mol. The van der Waals surface area contributed by atoms with Crippen molar-refractivity contribution in [3.8, 4) is 0 Å². The van der Waals surface area contributed by atoms with E-state index in [4.69, 9.17) is 0 Å². The lowest BCUT2D eigenvalue weighted by molar-refractivity contribution is 0.534. The van der Waals surface area contributed by atoms with E-state index in [1.807, 2.05) is 30.3 Å². The second kappa shape index (κ2) is 12.1. The Morgan fingerprint density at radius 1 is 1.13 bits per heavy atom. The fourth-order valence-electron chi connectivity index (χ4n) is 2.22. The average Bonchev–Trinajstić information content (AvgIpc) is 2.53. The van der Waals surface area contributed by atoms with Crippen molar-refractivity contribution in [2.45, 2.75) is 38.9 Å². The van der Waals surface area contributed by atoms with Crippen molar-refractivity contribution >= 4 is 16.8 Å². The highest BCUT2D eigenvalue weighted by Crippen LogP contribution is 2.05. The van der Waals surface area contributed by atoms with Crippen molar-refractivity contribution in [2.24, 2.45) is 10.9 Å². The number of rotatable bonds is 10. The Morgan fingerprint density at radius 2 is 1.83 bits per heavy atom. The van der Waals surface area contributed by atoms with Gasteiger partial charge in [0.1, 0.15) is 0 Å². The number of nitrogens with zero attached hydrogens (tertiary/aromatic N) is 1. The van der Waals surface area contributed by atoms with Crippen LogP contribution < -0.4 is 10.6 Å². The van der Waals surface area contributed by atoms with Gasteiger partial charge in [-0.15, -0.1) is 0 Å². The van der Waals surface area contributed by atoms with Gasteiger partial charge in [0.25, 0.3) is 0 Å². The molecule has 0 bridgehead atoms. The molecule has 0 aliphatic heterocycles. The van der Waals surface area contributed by atoms with Crippen molar-refractivity contribution in [3.63, 3.8) is 0 Å². The second-order valence-corrected chi connectivity index (χ2v) is 7.67. The number of unbranched alkanes of at least 4 members (excludes halogenated alkanes) is 1. The number of nitrogens with one attached hydrogen (secondary N) is 2. The molecule has 0 amide bonds. The average molecular weight is 338 g/mol. The largest absolute Gasteiger partial charge is 0.356 e. The van der Waals surface area contributed by atoms with Gasteiger partial charge in [-0.2, -0.15) is 0 Å². The van der Waals surface area contributed by atoms with E-state index in [-0.39, 0.29) is 0 Å². The van der Waals surface area contributed by atoms with E-state index in [0.717, 1.165) is 30.4 Å². The molecule has 5 heteroatoms. The number of hydrogen-bond donors (Lipinski definition) is 2. The Morgan fingerprint density at radius 3 is 2.48 bits per heavy atom. The smallest absolute Gasteiger partial charge is 0.191 e. The van der Waals surface area contributed by atoms with E-state index in [2.05, 4.69) is 29.5 Å². The standard InChI is InChI=1S/C18H31N3OS/c1-16(2)9-7-8-12-20-18(19-3)21-13-14-23(22)15-17-10-5-4-6-11-17/h4-6,10-11,16H,7-9,12-15H2,1-3H3,(H2,19,20,21). The van der Waals surface area contributed by atoms with Gasteiger partial charge in [0, 0.05) is 42.4 Å². The highest BCUT2D eigenvalue weighted by atomic mass is 32.2. The molecule has 0 aliphatic rings. The molecule has 0 aromatic heterocycles. The highest BCUT2D eigenvalue weighted by molar-refractivity contribution is 7.84. The van der Waals surface area contributed by atoms with Gasteiger partial charge in [-0.1, -0.05) is 57.0 Å². The first-order chi connectivity index (χ1) is 11.1. The van der Waals surface area contributed by atoms with Crippen LogP contribution in [0.4, 0.5) is 0 Å². The summed E-state index contributed by atoms with van der Waals surface area (Å²) in [5.74, 6) is 2.81. The Balaban J connectivity index is 2.13. The van der Waals surface area contributed by atoms with E-state index in [9.17, 15) is 4.21 Å². The van der Waals surface area contributed by atoms with Crippen LogP contribution in [-0.4, -0.2) is 36.1 Å². The first-order valence-corrected chi connectivity index (χ1v) is 9.94. The van der Waals surface area contributed by atoms with Crippen molar-refractivity contribution in [1.29, 1.82) is 0 Å². The van der Waals surface area contributed by atoms with Gasteiger partial charge in [0.2, 0.25) is 0 Å². The van der Waals surface area contributed by atoms with Crippen LogP contribution >= 0.6 is 0 Å². The van der Waals surface area contributed by atoms with Crippen molar-refractivity contribution in [2.75, 3.05) is 25.9 Å². The predicted octanol–water partition coefficient (Wildman–Crippen LogP) is 2.93. The molecule has 2 N–H and O–H groups in total. The molecule has 0 spiro atoms. The molecule has 0 saturated carbocycles. The number of benzene rings is 1. The minimum Gasteiger partial charge on any atom is -0.356 e. The van der Waals surface area contributed by atoms with Crippen molar-refractivity contribution in [1.82, 2.24) is 10.6 Å². The maximum Gasteiger partial charge on any atom is 0.191 e. The summed E-state index contributed by atoms with van der Waals surface area (Å²) < 4.78 is 12.1. The molecule has 23 heavy (non-hydrogen) atoms. The SMILES string of the molecule is CN=C(NCCCCC(C)C)NCCS(=O)Cc1ccccc1. The van der Waals surface area contributed by atoms with Crippen LogP contribution in [0.5, 0.6) is 0 Å². The summed E-state index contributed by atoms with van der Waals surface area (Å²) in [6, 6.07) is 9.97. The molecule has 0 aliphatic carbocycles. The molecule has 0 heterocycles. The van der Waals surface area contributed by atoms with Crippen LogP contribution in [-0.2, 0) is 16.6 Å². The molecule has 4 nitrogen and oxygen atoms in total. The summed E-state index contributed by atoms with van der Waals surface area (Å²) in [7, 11) is 0.920. The number of hydrogen-bond acceptors (Lipinski definition) is 2. The third-order valence-corrected chi connectivity index (χ3v) is 4.83. The molecular weight excluding hydrogens is 306 g/mol. The van der Waals surface area contributed by atoms with Crippen molar-refractivity contribution in [3.05, 3.63) is 35.9 Å². The Kier molecular flexibility index (Phi) is 10.4.